The average molecular weight is 236 g/mol. The van der Waals surface area contributed by atoms with E-state index in [1.54, 1.807) is 19.1 Å². The van der Waals surface area contributed by atoms with Crippen molar-refractivity contribution < 1.29 is 4.92 Å². The summed E-state index contributed by atoms with van der Waals surface area (Å²) >= 11 is 1.07. The summed E-state index contributed by atoms with van der Waals surface area (Å²) in [5, 5.41) is 10.6. The van der Waals surface area contributed by atoms with E-state index in [9.17, 15) is 10.1 Å². The summed E-state index contributed by atoms with van der Waals surface area (Å²) in [6.07, 6.45) is 0. The Morgan fingerprint density at radius 2 is 2.19 bits per heavy atom. The van der Waals surface area contributed by atoms with Crippen LogP contribution in [0.2, 0.25) is 0 Å². The van der Waals surface area contributed by atoms with Gasteiger partial charge in [-0.25, -0.2) is 9.97 Å². The van der Waals surface area contributed by atoms with E-state index in [1.165, 1.54) is 6.07 Å². The van der Waals surface area contributed by atoms with Crippen molar-refractivity contribution in [1.82, 2.24) is 9.97 Å². The van der Waals surface area contributed by atoms with Gasteiger partial charge in [0.25, 0.3) is 0 Å². The van der Waals surface area contributed by atoms with Gasteiger partial charge in [-0.3, -0.25) is 10.1 Å². The first-order valence-electron chi connectivity index (χ1n) is 4.42. The van der Waals surface area contributed by atoms with Crippen molar-refractivity contribution in [3.05, 3.63) is 34.0 Å². The second kappa shape index (κ2) is 3.86. The van der Waals surface area contributed by atoms with E-state index in [4.69, 9.17) is 5.73 Å². The normalized spacial score (nSPS) is 10.3. The molecule has 2 aromatic rings. The van der Waals surface area contributed by atoms with Crippen LogP contribution in [0.15, 0.2) is 18.2 Å². The molecule has 2 heterocycles. The zero-order chi connectivity index (χ0) is 11.7. The number of nitrogen functional groups attached to an aromatic ring is 1. The summed E-state index contributed by atoms with van der Waals surface area (Å²) in [6, 6.07) is 4.85. The maximum Gasteiger partial charge on any atom is 0.324 e. The molecule has 0 spiro atoms. The molecule has 7 heteroatoms. The summed E-state index contributed by atoms with van der Waals surface area (Å²) in [6.45, 7) is 1.80. The number of nitrogens with zero attached hydrogens (tertiary/aromatic N) is 3. The van der Waals surface area contributed by atoms with Crippen LogP contribution in [-0.2, 0) is 0 Å². The number of anilines is 1. The highest BCUT2D eigenvalue weighted by Gasteiger charge is 2.12. The van der Waals surface area contributed by atoms with Gasteiger partial charge >= 0.3 is 5.00 Å². The highest BCUT2D eigenvalue weighted by atomic mass is 32.1. The Hall–Kier alpha value is -2.02. The number of hydrogen-bond donors (Lipinski definition) is 1. The van der Waals surface area contributed by atoms with Gasteiger partial charge in [0, 0.05) is 11.8 Å². The maximum absolute atomic E-state index is 10.5. The number of aryl methyl sites for hydroxylation is 1. The SMILES string of the molecule is Cc1cc(-c2ccc([N+](=O)[O-])s2)nc(N)n1. The predicted molar refractivity (Wildman–Crippen MR) is 61.1 cm³/mol. The molecule has 0 fully saturated rings. The minimum absolute atomic E-state index is 0.0878. The van der Waals surface area contributed by atoms with Crippen LogP contribution in [-0.4, -0.2) is 14.9 Å². The van der Waals surface area contributed by atoms with E-state index in [0.717, 1.165) is 17.0 Å². The van der Waals surface area contributed by atoms with Crippen molar-refractivity contribution in [2.75, 3.05) is 5.73 Å². The molecule has 2 rings (SSSR count). The Labute approximate surface area is 94.9 Å². The molecule has 0 amide bonds. The van der Waals surface area contributed by atoms with Gasteiger partial charge in [0.05, 0.1) is 15.5 Å². The minimum atomic E-state index is -0.425. The van der Waals surface area contributed by atoms with Gasteiger partial charge in [-0.05, 0) is 19.1 Å². The summed E-state index contributed by atoms with van der Waals surface area (Å²) in [5.74, 6) is 0.172. The van der Waals surface area contributed by atoms with E-state index in [1.807, 2.05) is 0 Å². The van der Waals surface area contributed by atoms with E-state index < -0.39 is 4.92 Å². The highest BCUT2D eigenvalue weighted by molar-refractivity contribution is 7.18. The monoisotopic (exact) mass is 236 g/mol. The van der Waals surface area contributed by atoms with Gasteiger partial charge in [0.15, 0.2) is 0 Å². The summed E-state index contributed by atoms with van der Waals surface area (Å²) < 4.78 is 0. The Kier molecular flexibility index (Phi) is 2.53. The zero-order valence-electron chi connectivity index (χ0n) is 8.38. The van der Waals surface area contributed by atoms with Crippen molar-refractivity contribution in [3.8, 4) is 10.6 Å². The Morgan fingerprint density at radius 1 is 1.44 bits per heavy atom. The van der Waals surface area contributed by atoms with E-state index >= 15 is 0 Å². The smallest absolute Gasteiger partial charge is 0.324 e. The van der Waals surface area contributed by atoms with Gasteiger partial charge in [0.2, 0.25) is 5.95 Å². The molecule has 0 aliphatic heterocycles. The molecule has 2 aromatic heterocycles. The molecule has 82 valence electrons. The average Bonchev–Trinajstić information content (AvgIpc) is 2.64. The molecule has 0 aromatic carbocycles. The minimum Gasteiger partial charge on any atom is -0.368 e. The van der Waals surface area contributed by atoms with E-state index in [2.05, 4.69) is 9.97 Å². The standard InChI is InChI=1S/C9H8N4O2S/c1-5-4-6(12-9(10)11-5)7-2-3-8(16-7)13(14)15/h2-4H,1H3,(H2,10,11,12). The molecule has 6 nitrogen and oxygen atoms in total. The van der Waals surface area contributed by atoms with Crippen LogP contribution in [0.5, 0.6) is 0 Å². The van der Waals surface area contributed by atoms with Crippen LogP contribution in [0.3, 0.4) is 0 Å². The van der Waals surface area contributed by atoms with Gasteiger partial charge in [-0.2, -0.15) is 0 Å². The molecule has 0 aliphatic carbocycles. The molecule has 0 saturated heterocycles. The third-order valence-corrected chi connectivity index (χ3v) is 2.96. The zero-order valence-corrected chi connectivity index (χ0v) is 9.19. The Morgan fingerprint density at radius 3 is 2.75 bits per heavy atom. The lowest BCUT2D eigenvalue weighted by Crippen LogP contribution is -1.97. The number of aromatic nitrogens is 2. The lowest BCUT2D eigenvalue weighted by atomic mass is 10.3. The van der Waals surface area contributed by atoms with Crippen LogP contribution in [0.25, 0.3) is 10.6 Å². The van der Waals surface area contributed by atoms with Crippen molar-refractivity contribution >= 4 is 22.3 Å². The highest BCUT2D eigenvalue weighted by Crippen LogP contribution is 2.31. The third kappa shape index (κ3) is 1.98. The van der Waals surface area contributed by atoms with Crippen LogP contribution >= 0.6 is 11.3 Å². The van der Waals surface area contributed by atoms with Crippen LogP contribution in [0, 0.1) is 17.0 Å². The maximum atomic E-state index is 10.5. The first-order valence-corrected chi connectivity index (χ1v) is 5.23. The fraction of sp³-hybridized carbons (Fsp3) is 0.111. The number of nitrogens with two attached hydrogens (primary N) is 1. The quantitative estimate of drug-likeness (QED) is 0.635. The molecular formula is C9H8N4O2S. The third-order valence-electron chi connectivity index (χ3n) is 1.90. The lowest BCUT2D eigenvalue weighted by molar-refractivity contribution is -0.380. The van der Waals surface area contributed by atoms with E-state index in [0.29, 0.717) is 10.6 Å². The van der Waals surface area contributed by atoms with Gasteiger partial charge < -0.3 is 5.73 Å². The van der Waals surface area contributed by atoms with Crippen molar-refractivity contribution in [2.24, 2.45) is 0 Å². The first-order chi connectivity index (χ1) is 7.56. The van der Waals surface area contributed by atoms with Crippen molar-refractivity contribution in [1.29, 1.82) is 0 Å². The first kappa shape index (κ1) is 10.5. The van der Waals surface area contributed by atoms with Gasteiger partial charge in [0.1, 0.15) is 0 Å². The summed E-state index contributed by atoms with van der Waals surface area (Å²) in [7, 11) is 0. The fourth-order valence-electron chi connectivity index (χ4n) is 1.28. The predicted octanol–water partition coefficient (Wildman–Crippen LogP) is 2.00. The molecule has 16 heavy (non-hydrogen) atoms. The molecular weight excluding hydrogens is 228 g/mol. The summed E-state index contributed by atoms with van der Waals surface area (Å²) in [5.41, 5.74) is 6.86. The molecule has 0 unspecified atom stereocenters. The number of nitro groups is 1. The van der Waals surface area contributed by atoms with Gasteiger partial charge in [-0.15, -0.1) is 0 Å². The van der Waals surface area contributed by atoms with Crippen LogP contribution in [0.1, 0.15) is 5.69 Å². The van der Waals surface area contributed by atoms with E-state index in [-0.39, 0.29) is 10.9 Å². The topological polar surface area (TPSA) is 94.9 Å². The molecule has 0 saturated carbocycles. The van der Waals surface area contributed by atoms with Crippen LogP contribution < -0.4 is 5.73 Å². The molecule has 0 aliphatic rings. The molecule has 0 atom stereocenters. The van der Waals surface area contributed by atoms with Crippen molar-refractivity contribution in [3.63, 3.8) is 0 Å². The Bertz CT molecular complexity index is 532. The summed E-state index contributed by atoms with van der Waals surface area (Å²) in [4.78, 5) is 18.8. The van der Waals surface area contributed by atoms with Crippen LogP contribution in [0.4, 0.5) is 10.9 Å². The fourth-order valence-corrected chi connectivity index (χ4v) is 2.06. The Balaban J connectivity index is 2.46. The second-order valence-corrected chi connectivity index (χ2v) is 4.21. The second-order valence-electron chi connectivity index (χ2n) is 3.15. The number of hydrogen-bond acceptors (Lipinski definition) is 6. The van der Waals surface area contributed by atoms with Gasteiger partial charge in [-0.1, -0.05) is 11.3 Å². The lowest BCUT2D eigenvalue weighted by Gasteiger charge is -1.99. The molecule has 0 radical (unpaired) electrons. The van der Waals surface area contributed by atoms with Crippen molar-refractivity contribution in [2.45, 2.75) is 6.92 Å². The largest absolute Gasteiger partial charge is 0.368 e. The number of thiophene rings is 1. The molecule has 2 N–H and O–H groups in total. The molecule has 0 bridgehead atoms. The number of rotatable bonds is 2.